The Bertz CT molecular complexity index is 571. The first kappa shape index (κ1) is 11.8. The zero-order valence-corrected chi connectivity index (χ0v) is 9.46. The number of allylic oxidation sites excluding steroid dienone is 2. The normalized spacial score (nSPS) is 17.0. The van der Waals surface area contributed by atoms with Crippen LogP contribution in [0, 0.1) is 0 Å². The first-order chi connectivity index (χ1) is 8.65. The molecule has 0 unspecified atom stereocenters. The van der Waals surface area contributed by atoms with Gasteiger partial charge in [0.15, 0.2) is 5.78 Å². The second-order valence-electron chi connectivity index (χ2n) is 3.63. The molecule has 1 aliphatic rings. The molecule has 0 fully saturated rings. The summed E-state index contributed by atoms with van der Waals surface area (Å²) in [6, 6.07) is 9.38. The van der Waals surface area contributed by atoms with Gasteiger partial charge in [-0.3, -0.25) is 14.9 Å². The summed E-state index contributed by atoms with van der Waals surface area (Å²) in [7, 11) is 0. The summed E-state index contributed by atoms with van der Waals surface area (Å²) in [5.41, 5.74) is 6.23. The lowest BCUT2D eigenvalue weighted by atomic mass is 10.2. The molecule has 3 N–H and O–H groups in total. The van der Waals surface area contributed by atoms with E-state index in [1.165, 1.54) is 6.08 Å². The van der Waals surface area contributed by atoms with Gasteiger partial charge in [0.25, 0.3) is 5.91 Å². The molecule has 18 heavy (non-hydrogen) atoms. The summed E-state index contributed by atoms with van der Waals surface area (Å²) < 4.78 is 0. The first-order valence-electron chi connectivity index (χ1n) is 5.29. The van der Waals surface area contributed by atoms with E-state index in [2.05, 4.69) is 10.3 Å². The van der Waals surface area contributed by atoms with E-state index in [0.29, 0.717) is 0 Å². The molecule has 0 saturated carbocycles. The van der Waals surface area contributed by atoms with Crippen LogP contribution in [-0.2, 0) is 9.59 Å². The van der Waals surface area contributed by atoms with Gasteiger partial charge < -0.3 is 5.73 Å². The predicted molar refractivity (Wildman–Crippen MR) is 68.3 cm³/mol. The molecule has 0 radical (unpaired) electrons. The highest BCUT2D eigenvalue weighted by Crippen LogP contribution is 2.05. The third kappa shape index (κ3) is 2.91. The van der Waals surface area contributed by atoms with Crippen LogP contribution in [0.1, 0.15) is 5.56 Å². The summed E-state index contributed by atoms with van der Waals surface area (Å²) in [6.07, 6.45) is 4.19. The van der Waals surface area contributed by atoms with Crippen molar-refractivity contribution in [2.24, 2.45) is 10.7 Å². The van der Waals surface area contributed by atoms with Crippen molar-refractivity contribution in [3.05, 3.63) is 53.7 Å². The van der Waals surface area contributed by atoms with Crippen LogP contribution in [0.4, 0.5) is 0 Å². The fraction of sp³-hybridized carbons (Fsp3) is 0. The third-order valence-corrected chi connectivity index (χ3v) is 2.23. The summed E-state index contributed by atoms with van der Waals surface area (Å²) in [5, 5.41) is 2.29. The summed E-state index contributed by atoms with van der Waals surface area (Å²) in [4.78, 5) is 26.5. The minimum absolute atomic E-state index is 0.00564. The standard InChI is InChI=1S/C13H11N3O2/c14-13-15-11(12(18)16-13)8-10(17)7-6-9-4-2-1-3-5-9/h1-8H,(H3,14,15,16,18). The number of carbonyl (C=O) groups excluding carboxylic acids is 2. The molecule has 0 bridgehead atoms. The Morgan fingerprint density at radius 3 is 2.61 bits per heavy atom. The van der Waals surface area contributed by atoms with E-state index in [9.17, 15) is 9.59 Å². The van der Waals surface area contributed by atoms with E-state index in [1.54, 1.807) is 6.08 Å². The van der Waals surface area contributed by atoms with Crippen molar-refractivity contribution < 1.29 is 9.59 Å². The lowest BCUT2D eigenvalue weighted by molar-refractivity contribution is -0.116. The first-order valence-corrected chi connectivity index (χ1v) is 5.29. The summed E-state index contributed by atoms with van der Waals surface area (Å²) in [5.74, 6) is -0.775. The molecule has 5 nitrogen and oxygen atoms in total. The van der Waals surface area contributed by atoms with Crippen LogP contribution in [0.15, 0.2) is 53.2 Å². The number of nitrogens with one attached hydrogen (secondary N) is 1. The van der Waals surface area contributed by atoms with E-state index >= 15 is 0 Å². The van der Waals surface area contributed by atoms with Crippen molar-refractivity contribution in [1.82, 2.24) is 5.32 Å². The minimum Gasteiger partial charge on any atom is -0.369 e. The highest BCUT2D eigenvalue weighted by atomic mass is 16.2. The van der Waals surface area contributed by atoms with Crippen LogP contribution in [0.5, 0.6) is 0 Å². The Balaban J connectivity index is 2.08. The Labute approximate surface area is 104 Å². The zero-order chi connectivity index (χ0) is 13.0. The van der Waals surface area contributed by atoms with E-state index < -0.39 is 5.91 Å². The van der Waals surface area contributed by atoms with Crippen LogP contribution < -0.4 is 11.1 Å². The average Bonchev–Trinajstić information content (AvgIpc) is 2.67. The lowest BCUT2D eigenvalue weighted by Crippen LogP contribution is -2.30. The van der Waals surface area contributed by atoms with E-state index in [1.807, 2.05) is 30.3 Å². The molecule has 0 spiro atoms. The van der Waals surface area contributed by atoms with Crippen LogP contribution in [0.25, 0.3) is 6.08 Å². The molecule has 0 aliphatic carbocycles. The molecule has 1 amide bonds. The van der Waals surface area contributed by atoms with Crippen molar-refractivity contribution in [2.45, 2.75) is 0 Å². The smallest absolute Gasteiger partial charge is 0.276 e. The van der Waals surface area contributed by atoms with Gasteiger partial charge in [-0.1, -0.05) is 36.4 Å². The topological polar surface area (TPSA) is 84.5 Å². The Hall–Kier alpha value is -2.69. The Kier molecular flexibility index (Phi) is 3.33. The van der Waals surface area contributed by atoms with Gasteiger partial charge in [-0.15, -0.1) is 0 Å². The predicted octanol–water partition coefficient (Wildman–Crippen LogP) is 0.597. The minimum atomic E-state index is -0.464. The van der Waals surface area contributed by atoms with Crippen LogP contribution >= 0.6 is 0 Å². The molecular weight excluding hydrogens is 230 g/mol. The van der Waals surface area contributed by atoms with Crippen molar-refractivity contribution >= 4 is 23.7 Å². The molecule has 2 rings (SSSR count). The average molecular weight is 241 g/mol. The number of hydrogen-bond donors (Lipinski definition) is 2. The summed E-state index contributed by atoms with van der Waals surface area (Å²) >= 11 is 0. The highest BCUT2D eigenvalue weighted by Gasteiger charge is 2.17. The van der Waals surface area contributed by atoms with E-state index in [0.717, 1.165) is 11.6 Å². The van der Waals surface area contributed by atoms with Crippen molar-refractivity contribution in [3.8, 4) is 0 Å². The van der Waals surface area contributed by atoms with Crippen molar-refractivity contribution in [3.63, 3.8) is 0 Å². The number of carbonyl (C=O) groups is 2. The Morgan fingerprint density at radius 2 is 2.00 bits per heavy atom. The fourth-order valence-corrected chi connectivity index (χ4v) is 1.41. The second-order valence-corrected chi connectivity index (χ2v) is 3.63. The van der Waals surface area contributed by atoms with Gasteiger partial charge in [0.2, 0.25) is 5.96 Å². The van der Waals surface area contributed by atoms with Gasteiger partial charge in [-0.25, -0.2) is 4.99 Å². The number of guanidine groups is 1. The molecule has 1 aromatic rings. The number of rotatable bonds is 3. The number of aliphatic imine (C=N–C) groups is 1. The number of nitrogens with zero attached hydrogens (tertiary/aromatic N) is 1. The largest absolute Gasteiger partial charge is 0.369 e. The maximum Gasteiger partial charge on any atom is 0.276 e. The Morgan fingerprint density at radius 1 is 1.28 bits per heavy atom. The maximum atomic E-state index is 11.6. The molecule has 0 aromatic heterocycles. The van der Waals surface area contributed by atoms with Crippen molar-refractivity contribution in [2.75, 3.05) is 0 Å². The molecule has 90 valence electrons. The van der Waals surface area contributed by atoms with Crippen LogP contribution in [0.3, 0.4) is 0 Å². The summed E-state index contributed by atoms with van der Waals surface area (Å²) in [6.45, 7) is 0. The number of hydrogen-bond acceptors (Lipinski definition) is 4. The monoisotopic (exact) mass is 241 g/mol. The second kappa shape index (κ2) is 5.09. The molecule has 1 aromatic carbocycles. The molecule has 5 heteroatoms. The third-order valence-electron chi connectivity index (χ3n) is 2.23. The van der Waals surface area contributed by atoms with Crippen LogP contribution in [0.2, 0.25) is 0 Å². The van der Waals surface area contributed by atoms with Gasteiger partial charge in [0.05, 0.1) is 0 Å². The quantitative estimate of drug-likeness (QED) is 0.760. The van der Waals surface area contributed by atoms with E-state index in [4.69, 9.17) is 5.73 Å². The lowest BCUT2D eigenvalue weighted by Gasteiger charge is -1.91. The number of nitrogens with two attached hydrogens (primary N) is 1. The van der Waals surface area contributed by atoms with Gasteiger partial charge in [0.1, 0.15) is 5.70 Å². The van der Waals surface area contributed by atoms with Gasteiger partial charge in [0, 0.05) is 6.08 Å². The highest BCUT2D eigenvalue weighted by molar-refractivity contribution is 6.15. The molecular formula is C13H11N3O2. The van der Waals surface area contributed by atoms with Gasteiger partial charge in [-0.05, 0) is 11.6 Å². The fourth-order valence-electron chi connectivity index (χ4n) is 1.41. The molecule has 0 saturated heterocycles. The molecule has 1 aliphatic heterocycles. The van der Waals surface area contributed by atoms with Gasteiger partial charge in [-0.2, -0.15) is 0 Å². The number of ketones is 1. The SMILES string of the molecule is NC1=NC(=CC(=O)C=Cc2ccccc2)C(=O)N1. The zero-order valence-electron chi connectivity index (χ0n) is 9.46. The number of amides is 1. The van der Waals surface area contributed by atoms with Crippen LogP contribution in [-0.4, -0.2) is 17.6 Å². The number of benzene rings is 1. The molecule has 1 heterocycles. The van der Waals surface area contributed by atoms with Crippen molar-refractivity contribution in [1.29, 1.82) is 0 Å². The van der Waals surface area contributed by atoms with E-state index in [-0.39, 0.29) is 17.4 Å². The molecule has 0 atom stereocenters. The van der Waals surface area contributed by atoms with Gasteiger partial charge >= 0.3 is 0 Å². The maximum absolute atomic E-state index is 11.6.